The molecule has 1 N–H and O–H groups in total. The number of hydrazone groups is 1. The molecule has 0 aliphatic rings. The van der Waals surface area contributed by atoms with E-state index in [-0.39, 0.29) is 5.76 Å². The highest BCUT2D eigenvalue weighted by molar-refractivity contribution is 9.10. The average Bonchev–Trinajstić information content (AvgIpc) is 3.25. The monoisotopic (exact) mass is 506 g/mol. The fraction of sp³-hybridized carbons (Fsp3) is 0.154. The lowest BCUT2D eigenvalue weighted by Gasteiger charge is -2.15. The molecule has 0 aliphatic carbocycles. The molecule has 0 spiro atoms. The number of furan rings is 1. The number of ether oxygens (including phenoxy) is 2. The molecule has 6 nitrogen and oxygen atoms in total. The first kappa shape index (κ1) is 22.6. The molecule has 0 saturated heterocycles. The van der Waals surface area contributed by atoms with Crippen molar-refractivity contribution in [2.24, 2.45) is 5.10 Å². The summed E-state index contributed by atoms with van der Waals surface area (Å²) in [6.07, 6.45) is 1.54. The number of hydrogen-bond donors (Lipinski definition) is 1. The van der Waals surface area contributed by atoms with Crippen molar-refractivity contribution in [3.05, 3.63) is 93.9 Å². The first-order chi connectivity index (χ1) is 16.0. The Bertz CT molecular complexity index is 1310. The third-order valence-electron chi connectivity index (χ3n) is 4.93. The van der Waals surface area contributed by atoms with E-state index >= 15 is 0 Å². The van der Waals surface area contributed by atoms with Crippen LogP contribution in [0.25, 0.3) is 10.8 Å². The van der Waals surface area contributed by atoms with Crippen LogP contribution in [0.5, 0.6) is 11.5 Å². The molecule has 0 atom stereocenters. The average molecular weight is 507 g/mol. The molecule has 0 radical (unpaired) electrons. The van der Waals surface area contributed by atoms with Gasteiger partial charge in [0, 0.05) is 0 Å². The quantitative estimate of drug-likeness (QED) is 0.226. The van der Waals surface area contributed by atoms with E-state index in [1.165, 1.54) is 11.6 Å². The fourth-order valence-corrected chi connectivity index (χ4v) is 3.99. The molecular weight excluding hydrogens is 484 g/mol. The number of carbonyl (C=O) groups is 1. The van der Waals surface area contributed by atoms with Crippen molar-refractivity contribution in [1.29, 1.82) is 0 Å². The number of halogens is 1. The van der Waals surface area contributed by atoms with E-state index in [4.69, 9.17) is 13.9 Å². The summed E-state index contributed by atoms with van der Waals surface area (Å²) in [5, 5.41) is 6.35. The summed E-state index contributed by atoms with van der Waals surface area (Å²) in [7, 11) is 0. The summed E-state index contributed by atoms with van der Waals surface area (Å²) in [4.78, 5) is 12.1. The Morgan fingerprint density at radius 2 is 1.91 bits per heavy atom. The van der Waals surface area contributed by atoms with E-state index in [9.17, 15) is 4.79 Å². The van der Waals surface area contributed by atoms with Crippen LogP contribution >= 0.6 is 15.9 Å². The lowest BCUT2D eigenvalue weighted by molar-refractivity contribution is 0.0926. The van der Waals surface area contributed by atoms with Crippen LogP contribution in [0.15, 0.2) is 80.7 Å². The van der Waals surface area contributed by atoms with Crippen molar-refractivity contribution in [3.8, 4) is 11.5 Å². The Balaban J connectivity index is 1.51. The van der Waals surface area contributed by atoms with E-state index in [2.05, 4.69) is 50.7 Å². The Morgan fingerprint density at radius 3 is 2.70 bits per heavy atom. The molecule has 0 unspecified atom stereocenters. The van der Waals surface area contributed by atoms with Gasteiger partial charge in [0.25, 0.3) is 0 Å². The highest BCUT2D eigenvalue weighted by Crippen LogP contribution is 2.37. The molecule has 7 heteroatoms. The minimum Gasteiger partial charge on any atom is -0.490 e. The molecule has 0 fully saturated rings. The fourth-order valence-electron chi connectivity index (χ4n) is 3.41. The lowest BCUT2D eigenvalue weighted by atomic mass is 10.1. The molecule has 1 amide bonds. The van der Waals surface area contributed by atoms with E-state index in [0.717, 1.165) is 21.0 Å². The predicted molar refractivity (Wildman–Crippen MR) is 132 cm³/mol. The molecule has 33 heavy (non-hydrogen) atoms. The standard InChI is InChI=1S/C26H23BrN2O4/c1-3-31-24-14-18(15-28-29-26(30)23-12-11-17(2)33-23)13-22(27)25(24)32-16-20-9-6-8-19-7-4-5-10-21(19)20/h4-15H,3,16H2,1-2H3,(H,29,30)/b28-15+. The first-order valence-corrected chi connectivity index (χ1v) is 11.3. The summed E-state index contributed by atoms with van der Waals surface area (Å²) in [5.74, 6) is 1.64. The zero-order valence-electron chi connectivity index (χ0n) is 18.3. The number of hydrogen-bond acceptors (Lipinski definition) is 5. The van der Waals surface area contributed by atoms with Gasteiger partial charge in [0.15, 0.2) is 17.3 Å². The topological polar surface area (TPSA) is 73.1 Å². The molecule has 1 heterocycles. The van der Waals surface area contributed by atoms with Crippen LogP contribution in [-0.2, 0) is 6.61 Å². The normalized spacial score (nSPS) is 11.1. The zero-order valence-corrected chi connectivity index (χ0v) is 19.9. The smallest absolute Gasteiger partial charge is 0.307 e. The van der Waals surface area contributed by atoms with Gasteiger partial charge < -0.3 is 13.9 Å². The number of fused-ring (bicyclic) bond motifs is 1. The maximum atomic E-state index is 12.1. The predicted octanol–water partition coefficient (Wildman–Crippen LogP) is 6.25. The van der Waals surface area contributed by atoms with Crippen LogP contribution in [0, 0.1) is 6.92 Å². The van der Waals surface area contributed by atoms with Crippen molar-refractivity contribution in [1.82, 2.24) is 5.43 Å². The second-order valence-corrected chi connectivity index (χ2v) is 8.15. The van der Waals surface area contributed by atoms with E-state index in [0.29, 0.717) is 30.5 Å². The van der Waals surface area contributed by atoms with E-state index in [1.54, 1.807) is 19.1 Å². The van der Waals surface area contributed by atoms with Crippen LogP contribution in [0.3, 0.4) is 0 Å². The van der Waals surface area contributed by atoms with Gasteiger partial charge in [0.05, 0.1) is 17.3 Å². The SMILES string of the molecule is CCOc1cc(/C=N/NC(=O)c2ccc(C)o2)cc(Br)c1OCc1cccc2ccccc12. The highest BCUT2D eigenvalue weighted by atomic mass is 79.9. The highest BCUT2D eigenvalue weighted by Gasteiger charge is 2.13. The van der Waals surface area contributed by atoms with Crippen LogP contribution in [0.1, 0.15) is 34.4 Å². The summed E-state index contributed by atoms with van der Waals surface area (Å²) < 4.78 is 18.0. The number of nitrogens with one attached hydrogen (secondary N) is 1. The second kappa shape index (κ2) is 10.4. The summed E-state index contributed by atoms with van der Waals surface area (Å²) >= 11 is 3.58. The van der Waals surface area contributed by atoms with Gasteiger partial charge in [-0.25, -0.2) is 5.43 Å². The lowest BCUT2D eigenvalue weighted by Crippen LogP contribution is -2.16. The van der Waals surface area contributed by atoms with Gasteiger partial charge in [-0.15, -0.1) is 0 Å². The van der Waals surface area contributed by atoms with Crippen molar-refractivity contribution in [2.75, 3.05) is 6.61 Å². The molecule has 0 saturated carbocycles. The van der Waals surface area contributed by atoms with Crippen LogP contribution in [-0.4, -0.2) is 18.7 Å². The van der Waals surface area contributed by atoms with E-state index < -0.39 is 5.91 Å². The Hall–Kier alpha value is -3.58. The summed E-state index contributed by atoms with van der Waals surface area (Å²) in [5.41, 5.74) is 4.28. The van der Waals surface area contributed by atoms with Gasteiger partial charge in [-0.1, -0.05) is 42.5 Å². The molecular formula is C26H23BrN2O4. The molecule has 4 aromatic rings. The van der Waals surface area contributed by atoms with Crippen molar-refractivity contribution in [3.63, 3.8) is 0 Å². The Kier molecular flexibility index (Phi) is 7.10. The number of nitrogens with zero attached hydrogens (tertiary/aromatic N) is 1. The number of benzene rings is 3. The maximum Gasteiger partial charge on any atom is 0.307 e. The molecule has 1 aromatic heterocycles. The number of rotatable bonds is 8. The second-order valence-electron chi connectivity index (χ2n) is 7.30. The van der Waals surface area contributed by atoms with Gasteiger partial charge in [0.1, 0.15) is 12.4 Å². The minimum atomic E-state index is -0.418. The molecule has 168 valence electrons. The van der Waals surface area contributed by atoms with Gasteiger partial charge in [-0.3, -0.25) is 4.79 Å². The molecule has 4 rings (SSSR count). The summed E-state index contributed by atoms with van der Waals surface area (Å²) in [6.45, 7) is 4.56. The van der Waals surface area contributed by atoms with Crippen molar-refractivity contribution >= 4 is 38.8 Å². The molecule has 3 aromatic carbocycles. The van der Waals surface area contributed by atoms with Crippen LogP contribution in [0.2, 0.25) is 0 Å². The van der Waals surface area contributed by atoms with Crippen molar-refractivity contribution < 1.29 is 18.7 Å². The largest absolute Gasteiger partial charge is 0.490 e. The van der Waals surface area contributed by atoms with Crippen molar-refractivity contribution in [2.45, 2.75) is 20.5 Å². The van der Waals surface area contributed by atoms with E-state index in [1.807, 2.05) is 37.3 Å². The third-order valence-corrected chi connectivity index (χ3v) is 5.52. The minimum absolute atomic E-state index is 0.206. The van der Waals surface area contributed by atoms with Crippen LogP contribution < -0.4 is 14.9 Å². The van der Waals surface area contributed by atoms with Crippen LogP contribution in [0.4, 0.5) is 0 Å². The zero-order chi connectivity index (χ0) is 23.2. The van der Waals surface area contributed by atoms with Gasteiger partial charge in [0.2, 0.25) is 0 Å². The van der Waals surface area contributed by atoms with Gasteiger partial charge >= 0.3 is 5.91 Å². The Labute approximate surface area is 200 Å². The first-order valence-electron chi connectivity index (χ1n) is 10.5. The number of carbonyl (C=O) groups excluding carboxylic acids is 1. The number of amides is 1. The number of aryl methyl sites for hydroxylation is 1. The third kappa shape index (κ3) is 5.43. The molecule has 0 aliphatic heterocycles. The Morgan fingerprint density at radius 1 is 1.09 bits per heavy atom. The maximum absolute atomic E-state index is 12.1. The van der Waals surface area contributed by atoms with Gasteiger partial charge in [-0.05, 0) is 75.9 Å². The summed E-state index contributed by atoms with van der Waals surface area (Å²) in [6, 6.07) is 21.4. The molecule has 0 bridgehead atoms. The van der Waals surface area contributed by atoms with Gasteiger partial charge in [-0.2, -0.15) is 5.10 Å².